The number of carbonyl (C=O) groups excluding carboxylic acids is 1. The van der Waals surface area contributed by atoms with Crippen LogP contribution in [0.25, 0.3) is 0 Å². The van der Waals surface area contributed by atoms with E-state index in [1.54, 1.807) is 9.21 Å². The van der Waals surface area contributed by atoms with E-state index < -0.39 is 10.0 Å². The number of hydrogen-bond donors (Lipinski definition) is 0. The molecular weight excluding hydrogens is 240 g/mol. The topological polar surface area (TPSA) is 57.7 Å². The lowest BCUT2D eigenvalue weighted by Gasteiger charge is -2.34. The van der Waals surface area contributed by atoms with E-state index in [-0.39, 0.29) is 11.2 Å². The number of amides is 1. The third-order valence-electron chi connectivity index (χ3n) is 3.36. The van der Waals surface area contributed by atoms with Gasteiger partial charge in [-0.2, -0.15) is 4.31 Å². The van der Waals surface area contributed by atoms with Gasteiger partial charge in [0.2, 0.25) is 15.9 Å². The second-order valence-electron chi connectivity index (χ2n) is 4.77. The lowest BCUT2D eigenvalue weighted by atomic mass is 10.2. The molecule has 17 heavy (non-hydrogen) atoms. The SMILES string of the molecule is CCCC(=O)N1CCN(S(=O)(=O)C2CC2)CC1. The first-order chi connectivity index (χ1) is 8.05. The van der Waals surface area contributed by atoms with Crippen LogP contribution in [0.4, 0.5) is 0 Å². The minimum Gasteiger partial charge on any atom is -0.340 e. The van der Waals surface area contributed by atoms with E-state index in [4.69, 9.17) is 0 Å². The van der Waals surface area contributed by atoms with Crippen LogP contribution in [-0.4, -0.2) is 55.0 Å². The van der Waals surface area contributed by atoms with Gasteiger partial charge in [0.25, 0.3) is 0 Å². The molecular formula is C11H20N2O3S. The van der Waals surface area contributed by atoms with Gasteiger partial charge in [-0.15, -0.1) is 0 Å². The van der Waals surface area contributed by atoms with Crippen LogP contribution in [-0.2, 0) is 14.8 Å². The van der Waals surface area contributed by atoms with Crippen LogP contribution in [0.1, 0.15) is 32.6 Å². The Morgan fingerprint density at radius 2 is 1.76 bits per heavy atom. The van der Waals surface area contributed by atoms with Crippen molar-refractivity contribution in [2.24, 2.45) is 0 Å². The Bertz CT molecular complexity index is 382. The maximum Gasteiger partial charge on any atom is 0.222 e. The summed E-state index contributed by atoms with van der Waals surface area (Å²) in [5, 5.41) is -0.139. The Morgan fingerprint density at radius 1 is 1.18 bits per heavy atom. The molecule has 0 bridgehead atoms. The van der Waals surface area contributed by atoms with Crippen LogP contribution in [0.15, 0.2) is 0 Å². The van der Waals surface area contributed by atoms with E-state index in [0.29, 0.717) is 32.6 Å². The first-order valence-electron chi connectivity index (χ1n) is 6.32. The van der Waals surface area contributed by atoms with Crippen molar-refractivity contribution in [1.29, 1.82) is 0 Å². The summed E-state index contributed by atoms with van der Waals surface area (Å²) in [7, 11) is -3.05. The molecule has 0 aromatic carbocycles. The fraction of sp³-hybridized carbons (Fsp3) is 0.909. The highest BCUT2D eigenvalue weighted by molar-refractivity contribution is 7.90. The molecule has 2 rings (SSSR count). The van der Waals surface area contributed by atoms with Crippen molar-refractivity contribution in [3.63, 3.8) is 0 Å². The molecule has 1 saturated heterocycles. The van der Waals surface area contributed by atoms with Crippen LogP contribution < -0.4 is 0 Å². The molecule has 1 aliphatic carbocycles. The van der Waals surface area contributed by atoms with Gasteiger partial charge in [-0.05, 0) is 19.3 Å². The normalized spacial score (nSPS) is 22.8. The summed E-state index contributed by atoms with van der Waals surface area (Å²) in [6, 6.07) is 0. The standard InChI is InChI=1S/C11H20N2O3S/c1-2-3-11(14)12-6-8-13(9-7-12)17(15,16)10-4-5-10/h10H,2-9H2,1H3. The lowest BCUT2D eigenvalue weighted by molar-refractivity contribution is -0.132. The van der Waals surface area contributed by atoms with Crippen molar-refractivity contribution in [2.75, 3.05) is 26.2 Å². The Kier molecular flexibility index (Phi) is 3.73. The Balaban J connectivity index is 1.87. The van der Waals surface area contributed by atoms with Crippen molar-refractivity contribution in [3.8, 4) is 0 Å². The van der Waals surface area contributed by atoms with Crippen LogP contribution in [0.5, 0.6) is 0 Å². The lowest BCUT2D eigenvalue weighted by Crippen LogP contribution is -2.51. The van der Waals surface area contributed by atoms with Gasteiger partial charge < -0.3 is 4.90 Å². The molecule has 2 aliphatic rings. The zero-order valence-corrected chi connectivity index (χ0v) is 11.1. The zero-order chi connectivity index (χ0) is 12.5. The molecule has 0 atom stereocenters. The summed E-state index contributed by atoms with van der Waals surface area (Å²) in [4.78, 5) is 13.4. The van der Waals surface area contributed by atoms with Gasteiger partial charge in [-0.3, -0.25) is 4.79 Å². The first-order valence-corrected chi connectivity index (χ1v) is 7.82. The van der Waals surface area contributed by atoms with E-state index in [2.05, 4.69) is 0 Å². The van der Waals surface area contributed by atoms with Gasteiger partial charge in [-0.25, -0.2) is 8.42 Å². The summed E-state index contributed by atoms with van der Waals surface area (Å²) in [5.74, 6) is 0.149. The molecule has 0 aromatic heterocycles. The molecule has 2 fully saturated rings. The minimum absolute atomic E-state index is 0.139. The van der Waals surface area contributed by atoms with Crippen LogP contribution in [0.3, 0.4) is 0 Å². The molecule has 0 radical (unpaired) electrons. The molecule has 1 saturated carbocycles. The fourth-order valence-corrected chi connectivity index (χ4v) is 3.97. The second-order valence-corrected chi connectivity index (χ2v) is 6.99. The predicted octanol–water partition coefficient (Wildman–Crippen LogP) is 0.423. The molecule has 0 unspecified atom stereocenters. The summed E-state index contributed by atoms with van der Waals surface area (Å²) in [6.07, 6.45) is 3.02. The average molecular weight is 260 g/mol. The zero-order valence-electron chi connectivity index (χ0n) is 10.3. The molecule has 98 valence electrons. The van der Waals surface area contributed by atoms with Crippen LogP contribution >= 0.6 is 0 Å². The molecule has 0 spiro atoms. The highest BCUT2D eigenvalue weighted by Crippen LogP contribution is 2.31. The fourth-order valence-electron chi connectivity index (χ4n) is 2.14. The van der Waals surface area contributed by atoms with Crippen LogP contribution in [0.2, 0.25) is 0 Å². The second kappa shape index (κ2) is 4.94. The smallest absolute Gasteiger partial charge is 0.222 e. The Labute approximate surface area is 103 Å². The Morgan fingerprint density at radius 3 is 2.24 bits per heavy atom. The number of sulfonamides is 1. The number of carbonyl (C=O) groups is 1. The van der Waals surface area contributed by atoms with Crippen molar-refractivity contribution >= 4 is 15.9 Å². The summed E-state index contributed by atoms with van der Waals surface area (Å²) >= 11 is 0. The Hall–Kier alpha value is -0.620. The quantitative estimate of drug-likeness (QED) is 0.736. The van der Waals surface area contributed by atoms with E-state index in [1.807, 2.05) is 6.92 Å². The first kappa shape index (κ1) is 12.8. The van der Waals surface area contributed by atoms with Gasteiger partial charge >= 0.3 is 0 Å². The van der Waals surface area contributed by atoms with Gasteiger partial charge in [0.15, 0.2) is 0 Å². The number of rotatable bonds is 4. The molecule has 1 heterocycles. The molecule has 5 nitrogen and oxygen atoms in total. The predicted molar refractivity (Wildman–Crippen MR) is 65.0 cm³/mol. The molecule has 6 heteroatoms. The molecule has 0 aromatic rings. The van der Waals surface area contributed by atoms with Crippen molar-refractivity contribution in [3.05, 3.63) is 0 Å². The highest BCUT2D eigenvalue weighted by atomic mass is 32.2. The monoisotopic (exact) mass is 260 g/mol. The molecule has 1 aliphatic heterocycles. The maximum atomic E-state index is 12.0. The third-order valence-corrected chi connectivity index (χ3v) is 5.76. The molecule has 0 N–H and O–H groups in total. The van der Waals surface area contributed by atoms with Gasteiger partial charge in [-0.1, -0.05) is 6.92 Å². The van der Waals surface area contributed by atoms with Gasteiger partial charge in [0.1, 0.15) is 0 Å². The van der Waals surface area contributed by atoms with E-state index >= 15 is 0 Å². The van der Waals surface area contributed by atoms with Crippen molar-refractivity contribution in [2.45, 2.75) is 37.9 Å². The third kappa shape index (κ3) is 2.80. The summed E-state index contributed by atoms with van der Waals surface area (Å²) in [5.41, 5.74) is 0. The van der Waals surface area contributed by atoms with Crippen LogP contribution in [0, 0.1) is 0 Å². The maximum absolute atomic E-state index is 12.0. The molecule has 1 amide bonds. The van der Waals surface area contributed by atoms with Crippen molar-refractivity contribution < 1.29 is 13.2 Å². The summed E-state index contributed by atoms with van der Waals surface area (Å²) < 4.78 is 25.5. The number of piperazine rings is 1. The number of nitrogens with zero attached hydrogens (tertiary/aromatic N) is 2. The van der Waals surface area contributed by atoms with E-state index in [0.717, 1.165) is 19.3 Å². The van der Waals surface area contributed by atoms with E-state index in [9.17, 15) is 13.2 Å². The van der Waals surface area contributed by atoms with Gasteiger partial charge in [0, 0.05) is 32.6 Å². The summed E-state index contributed by atoms with van der Waals surface area (Å²) in [6.45, 7) is 4.00. The largest absolute Gasteiger partial charge is 0.340 e. The number of hydrogen-bond acceptors (Lipinski definition) is 3. The van der Waals surface area contributed by atoms with E-state index in [1.165, 1.54) is 0 Å². The highest BCUT2D eigenvalue weighted by Gasteiger charge is 2.41. The van der Waals surface area contributed by atoms with Gasteiger partial charge in [0.05, 0.1) is 5.25 Å². The van der Waals surface area contributed by atoms with Crippen molar-refractivity contribution in [1.82, 2.24) is 9.21 Å². The average Bonchev–Trinajstić information content (AvgIpc) is 3.13. The minimum atomic E-state index is -3.05.